The molecule has 16 heavy (non-hydrogen) atoms. The van der Waals surface area contributed by atoms with Gasteiger partial charge in [0, 0.05) is 18.0 Å². The molecule has 0 aliphatic rings. The lowest BCUT2D eigenvalue weighted by Gasteiger charge is -2.03. The second kappa shape index (κ2) is 4.10. The van der Waals surface area contributed by atoms with E-state index < -0.39 is 11.8 Å². The predicted molar refractivity (Wildman–Crippen MR) is 56.6 cm³/mol. The minimum atomic E-state index is -1.27. The van der Waals surface area contributed by atoms with Gasteiger partial charge in [-0.15, -0.1) is 0 Å². The van der Waals surface area contributed by atoms with Gasteiger partial charge in [0.15, 0.2) is 0 Å². The quantitative estimate of drug-likeness (QED) is 0.841. The van der Waals surface area contributed by atoms with Crippen LogP contribution in [0.15, 0.2) is 42.7 Å². The lowest BCUT2D eigenvalue weighted by Crippen LogP contribution is -2.00. The van der Waals surface area contributed by atoms with Gasteiger partial charge in [-0.25, -0.2) is 9.18 Å². The molecule has 0 saturated heterocycles. The monoisotopic (exact) mass is 217 g/mol. The molecule has 0 radical (unpaired) electrons. The van der Waals surface area contributed by atoms with E-state index in [0.29, 0.717) is 5.56 Å². The Morgan fingerprint density at radius 3 is 2.69 bits per heavy atom. The van der Waals surface area contributed by atoms with Gasteiger partial charge in [-0.2, -0.15) is 0 Å². The Labute approximate surface area is 91.2 Å². The fourth-order valence-corrected chi connectivity index (χ4v) is 1.40. The molecule has 0 aliphatic carbocycles. The number of carboxylic acids is 1. The number of hydrogen-bond donors (Lipinski definition) is 1. The maximum absolute atomic E-state index is 13.1. The van der Waals surface area contributed by atoms with Crippen LogP contribution in [0.4, 0.5) is 4.39 Å². The summed E-state index contributed by atoms with van der Waals surface area (Å²) >= 11 is 0. The number of benzene rings is 1. The van der Waals surface area contributed by atoms with E-state index in [-0.39, 0.29) is 5.56 Å². The molecule has 1 heterocycles. The summed E-state index contributed by atoms with van der Waals surface area (Å²) in [5.41, 5.74) is 1.05. The van der Waals surface area contributed by atoms with Gasteiger partial charge in [0.1, 0.15) is 5.82 Å². The molecular weight excluding hydrogens is 209 g/mol. The number of aromatic carboxylic acids is 1. The molecule has 0 aliphatic heterocycles. The van der Waals surface area contributed by atoms with E-state index in [9.17, 15) is 9.18 Å². The molecule has 0 fully saturated rings. The van der Waals surface area contributed by atoms with E-state index in [4.69, 9.17) is 5.11 Å². The summed E-state index contributed by atoms with van der Waals surface area (Å²) in [6.45, 7) is 0. The first-order chi connectivity index (χ1) is 7.68. The fourth-order valence-electron chi connectivity index (χ4n) is 1.40. The molecule has 1 aromatic heterocycles. The summed E-state index contributed by atoms with van der Waals surface area (Å²) in [7, 11) is 0. The number of aromatic nitrogens is 1. The van der Waals surface area contributed by atoms with Gasteiger partial charge in [-0.1, -0.05) is 12.1 Å². The lowest BCUT2D eigenvalue weighted by molar-refractivity contribution is 0.0692. The molecule has 0 atom stereocenters. The first kappa shape index (κ1) is 10.3. The summed E-state index contributed by atoms with van der Waals surface area (Å²) < 4.78 is 13.1. The maximum atomic E-state index is 13.1. The smallest absolute Gasteiger partial charge is 0.338 e. The first-order valence-electron chi connectivity index (χ1n) is 4.62. The molecule has 2 aromatic rings. The third-order valence-corrected chi connectivity index (χ3v) is 2.19. The van der Waals surface area contributed by atoms with Crippen LogP contribution in [0.2, 0.25) is 0 Å². The largest absolute Gasteiger partial charge is 0.478 e. The summed E-state index contributed by atoms with van der Waals surface area (Å²) in [6, 6.07) is 7.49. The summed E-state index contributed by atoms with van der Waals surface area (Å²) in [5, 5.41) is 8.78. The van der Waals surface area contributed by atoms with Crippen LogP contribution in [0.25, 0.3) is 11.1 Å². The first-order valence-corrected chi connectivity index (χ1v) is 4.62. The molecule has 3 nitrogen and oxygen atoms in total. The highest BCUT2D eigenvalue weighted by molar-refractivity contribution is 5.89. The van der Waals surface area contributed by atoms with Crippen LogP contribution in [0.1, 0.15) is 10.4 Å². The Morgan fingerprint density at radius 1 is 1.25 bits per heavy atom. The van der Waals surface area contributed by atoms with Crippen molar-refractivity contribution < 1.29 is 14.3 Å². The third-order valence-electron chi connectivity index (χ3n) is 2.19. The van der Waals surface area contributed by atoms with Crippen LogP contribution < -0.4 is 0 Å². The van der Waals surface area contributed by atoms with E-state index in [1.54, 1.807) is 24.5 Å². The van der Waals surface area contributed by atoms with E-state index >= 15 is 0 Å². The molecule has 4 heteroatoms. The summed E-state index contributed by atoms with van der Waals surface area (Å²) in [5.74, 6) is -2.01. The van der Waals surface area contributed by atoms with Crippen molar-refractivity contribution in [2.75, 3.05) is 0 Å². The molecule has 0 saturated carbocycles. The van der Waals surface area contributed by atoms with Gasteiger partial charge in [-0.05, 0) is 23.8 Å². The van der Waals surface area contributed by atoms with E-state index in [0.717, 1.165) is 11.6 Å². The molecular formula is C12H8FNO2. The van der Waals surface area contributed by atoms with Crippen LogP contribution in [-0.4, -0.2) is 16.1 Å². The van der Waals surface area contributed by atoms with Crippen LogP contribution in [-0.2, 0) is 0 Å². The van der Waals surface area contributed by atoms with Crippen molar-refractivity contribution in [2.45, 2.75) is 0 Å². The Bertz CT molecular complexity index is 526. The van der Waals surface area contributed by atoms with Crippen molar-refractivity contribution in [3.05, 3.63) is 54.1 Å². The number of carboxylic acid groups (broad SMARTS) is 1. The molecule has 0 spiro atoms. The Morgan fingerprint density at radius 2 is 2.06 bits per heavy atom. The number of carbonyl (C=O) groups is 1. The van der Waals surface area contributed by atoms with E-state index in [1.807, 2.05) is 0 Å². The minimum absolute atomic E-state index is 0.332. The highest BCUT2D eigenvalue weighted by Crippen LogP contribution is 2.21. The SMILES string of the molecule is O=C(O)c1cc(-c2cccnc2)ccc1F. The second-order valence-electron chi connectivity index (χ2n) is 3.24. The lowest BCUT2D eigenvalue weighted by atomic mass is 10.0. The van der Waals surface area contributed by atoms with Crippen molar-refractivity contribution in [3.63, 3.8) is 0 Å². The van der Waals surface area contributed by atoms with Gasteiger partial charge >= 0.3 is 5.97 Å². The zero-order valence-corrected chi connectivity index (χ0v) is 8.22. The molecule has 0 bridgehead atoms. The van der Waals surface area contributed by atoms with Crippen molar-refractivity contribution in [1.82, 2.24) is 4.98 Å². The highest BCUT2D eigenvalue weighted by Gasteiger charge is 2.11. The maximum Gasteiger partial charge on any atom is 0.338 e. The van der Waals surface area contributed by atoms with E-state index in [2.05, 4.69) is 4.98 Å². The van der Waals surface area contributed by atoms with Crippen LogP contribution in [0.3, 0.4) is 0 Å². The zero-order chi connectivity index (χ0) is 11.5. The van der Waals surface area contributed by atoms with Crippen molar-refractivity contribution in [2.24, 2.45) is 0 Å². The number of hydrogen-bond acceptors (Lipinski definition) is 2. The van der Waals surface area contributed by atoms with Gasteiger partial charge < -0.3 is 5.11 Å². The van der Waals surface area contributed by atoms with Gasteiger partial charge in [-0.3, -0.25) is 4.98 Å². The number of rotatable bonds is 2. The van der Waals surface area contributed by atoms with Gasteiger partial charge in [0.2, 0.25) is 0 Å². The number of nitrogens with zero attached hydrogens (tertiary/aromatic N) is 1. The van der Waals surface area contributed by atoms with Crippen molar-refractivity contribution >= 4 is 5.97 Å². The van der Waals surface area contributed by atoms with Crippen LogP contribution >= 0.6 is 0 Å². The average Bonchev–Trinajstić information content (AvgIpc) is 2.30. The normalized spacial score (nSPS) is 10.1. The fraction of sp³-hybridized carbons (Fsp3) is 0. The Hall–Kier alpha value is -2.23. The number of pyridine rings is 1. The molecule has 0 amide bonds. The highest BCUT2D eigenvalue weighted by atomic mass is 19.1. The molecule has 2 rings (SSSR count). The molecule has 0 unspecified atom stereocenters. The predicted octanol–water partition coefficient (Wildman–Crippen LogP) is 2.59. The Balaban J connectivity index is 2.52. The number of halogens is 1. The minimum Gasteiger partial charge on any atom is -0.478 e. The summed E-state index contributed by atoms with van der Waals surface area (Å²) in [4.78, 5) is 14.7. The average molecular weight is 217 g/mol. The van der Waals surface area contributed by atoms with Crippen LogP contribution in [0.5, 0.6) is 0 Å². The topological polar surface area (TPSA) is 50.2 Å². The zero-order valence-electron chi connectivity index (χ0n) is 8.22. The van der Waals surface area contributed by atoms with Crippen molar-refractivity contribution in [3.8, 4) is 11.1 Å². The second-order valence-corrected chi connectivity index (χ2v) is 3.24. The van der Waals surface area contributed by atoms with E-state index in [1.165, 1.54) is 12.1 Å². The summed E-state index contributed by atoms with van der Waals surface area (Å²) in [6.07, 6.45) is 3.21. The molecule has 1 N–H and O–H groups in total. The molecule has 80 valence electrons. The Kier molecular flexibility index (Phi) is 2.64. The van der Waals surface area contributed by atoms with Gasteiger partial charge in [0.25, 0.3) is 0 Å². The standard InChI is InChI=1S/C12H8FNO2/c13-11-4-3-8(6-10(11)12(15)16)9-2-1-5-14-7-9/h1-7H,(H,15,16). The third kappa shape index (κ3) is 1.91. The van der Waals surface area contributed by atoms with Gasteiger partial charge in [0.05, 0.1) is 5.56 Å². The van der Waals surface area contributed by atoms with Crippen molar-refractivity contribution in [1.29, 1.82) is 0 Å². The molecule has 1 aromatic carbocycles. The van der Waals surface area contributed by atoms with Crippen LogP contribution in [0, 0.1) is 5.82 Å².